The Morgan fingerprint density at radius 3 is 2.59 bits per heavy atom. The number of aliphatic hydroxyl groups is 1. The third kappa shape index (κ3) is 2.85. The maximum atomic E-state index is 12.3. The molecule has 1 aromatic rings. The Balaban J connectivity index is 2.12. The monoisotopic (exact) mass is 247 g/mol. The number of piperidine rings is 1. The Labute approximate surface area is 96.1 Å². The molecular formula is C10H12F3N3O. The van der Waals surface area contributed by atoms with Crippen molar-refractivity contribution in [2.45, 2.75) is 25.1 Å². The second-order valence-electron chi connectivity index (χ2n) is 4.00. The van der Waals surface area contributed by atoms with E-state index in [0.29, 0.717) is 25.3 Å². The molecule has 4 nitrogen and oxygen atoms in total. The van der Waals surface area contributed by atoms with Gasteiger partial charge >= 0.3 is 6.18 Å². The van der Waals surface area contributed by atoms with Crippen LogP contribution in [0.25, 0.3) is 0 Å². The Morgan fingerprint density at radius 2 is 2.06 bits per heavy atom. The summed E-state index contributed by atoms with van der Waals surface area (Å²) in [5.41, 5.74) is -1.00. The van der Waals surface area contributed by atoms with Crippen molar-refractivity contribution in [3.63, 3.8) is 0 Å². The quantitative estimate of drug-likeness (QED) is 0.816. The molecule has 0 bridgehead atoms. The molecule has 0 amide bonds. The van der Waals surface area contributed by atoms with Gasteiger partial charge in [-0.3, -0.25) is 0 Å². The fraction of sp³-hybridized carbons (Fsp3) is 0.600. The molecule has 1 fully saturated rings. The normalized spacial score (nSPS) is 21.6. The minimum Gasteiger partial charge on any atom is -0.391 e. The molecule has 1 aliphatic heterocycles. The molecule has 17 heavy (non-hydrogen) atoms. The van der Waals surface area contributed by atoms with Crippen molar-refractivity contribution < 1.29 is 18.3 Å². The fourth-order valence-electron chi connectivity index (χ4n) is 1.79. The Morgan fingerprint density at radius 1 is 1.29 bits per heavy atom. The van der Waals surface area contributed by atoms with E-state index in [2.05, 4.69) is 9.97 Å². The minimum atomic E-state index is -4.47. The van der Waals surface area contributed by atoms with Gasteiger partial charge in [0.1, 0.15) is 5.82 Å². The smallest absolute Gasteiger partial charge is 0.391 e. The molecule has 94 valence electrons. The summed E-state index contributed by atoms with van der Waals surface area (Å²) in [6, 6.07) is 0. The summed E-state index contributed by atoms with van der Waals surface area (Å²) >= 11 is 0. The highest BCUT2D eigenvalue weighted by atomic mass is 19.4. The topological polar surface area (TPSA) is 49.2 Å². The van der Waals surface area contributed by atoms with Crippen molar-refractivity contribution in [2.75, 3.05) is 18.0 Å². The summed E-state index contributed by atoms with van der Waals surface area (Å²) in [5.74, 6) is 0.372. The molecule has 1 atom stereocenters. The van der Waals surface area contributed by atoms with Gasteiger partial charge in [-0.05, 0) is 12.8 Å². The van der Waals surface area contributed by atoms with Gasteiger partial charge in [-0.15, -0.1) is 0 Å². The van der Waals surface area contributed by atoms with E-state index in [-0.39, 0.29) is 0 Å². The van der Waals surface area contributed by atoms with Crippen LogP contribution in [0.1, 0.15) is 18.5 Å². The van der Waals surface area contributed by atoms with Gasteiger partial charge in [-0.25, -0.2) is 9.97 Å². The zero-order valence-electron chi connectivity index (χ0n) is 8.98. The van der Waals surface area contributed by atoms with Gasteiger partial charge < -0.3 is 10.0 Å². The van der Waals surface area contributed by atoms with E-state index in [9.17, 15) is 18.3 Å². The molecule has 0 aromatic carbocycles. The summed E-state index contributed by atoms with van der Waals surface area (Å²) in [6.07, 6.45) is -1.59. The number of halogens is 3. The lowest BCUT2D eigenvalue weighted by atomic mass is 10.1. The van der Waals surface area contributed by atoms with Crippen molar-refractivity contribution in [3.05, 3.63) is 18.1 Å². The summed E-state index contributed by atoms with van der Waals surface area (Å²) in [7, 11) is 0. The van der Waals surface area contributed by atoms with Crippen LogP contribution < -0.4 is 4.90 Å². The zero-order chi connectivity index (χ0) is 12.5. The van der Waals surface area contributed by atoms with E-state index in [1.54, 1.807) is 4.90 Å². The van der Waals surface area contributed by atoms with Crippen LogP contribution in [-0.4, -0.2) is 34.3 Å². The standard InChI is InChI=1S/C10H12F3N3O/c11-10(12,13)8-4-15-9(5-14-8)16-3-1-2-7(17)6-16/h4-5,7,17H,1-3,6H2. The fourth-order valence-corrected chi connectivity index (χ4v) is 1.79. The largest absolute Gasteiger partial charge is 0.434 e. The first kappa shape index (κ1) is 12.1. The van der Waals surface area contributed by atoms with Gasteiger partial charge in [0.25, 0.3) is 0 Å². The molecule has 2 rings (SSSR count). The molecule has 7 heteroatoms. The van der Waals surface area contributed by atoms with Crippen LogP contribution in [0.5, 0.6) is 0 Å². The summed E-state index contributed by atoms with van der Waals surface area (Å²) in [5, 5.41) is 9.45. The van der Waals surface area contributed by atoms with Gasteiger partial charge in [-0.2, -0.15) is 13.2 Å². The lowest BCUT2D eigenvalue weighted by Crippen LogP contribution is -2.38. The first-order valence-electron chi connectivity index (χ1n) is 5.29. The Bertz CT molecular complexity index is 379. The molecule has 2 heterocycles. The highest BCUT2D eigenvalue weighted by Gasteiger charge is 2.33. The first-order valence-corrected chi connectivity index (χ1v) is 5.29. The van der Waals surface area contributed by atoms with Gasteiger partial charge in [0, 0.05) is 13.1 Å². The third-order valence-corrected chi connectivity index (χ3v) is 2.65. The SMILES string of the molecule is OC1CCCN(c2cnc(C(F)(F)F)cn2)C1. The number of alkyl halides is 3. The molecule has 0 spiro atoms. The number of nitrogens with zero attached hydrogens (tertiary/aromatic N) is 3. The lowest BCUT2D eigenvalue weighted by Gasteiger charge is -2.30. The number of hydrogen-bond donors (Lipinski definition) is 1. The average molecular weight is 247 g/mol. The number of rotatable bonds is 1. The van der Waals surface area contributed by atoms with Crippen LogP contribution in [0.15, 0.2) is 12.4 Å². The summed E-state index contributed by atoms with van der Waals surface area (Å²) in [4.78, 5) is 8.81. The van der Waals surface area contributed by atoms with Crippen LogP contribution in [0, 0.1) is 0 Å². The lowest BCUT2D eigenvalue weighted by molar-refractivity contribution is -0.141. The second kappa shape index (κ2) is 4.48. The molecule has 1 N–H and O–H groups in total. The van der Waals surface area contributed by atoms with Crippen LogP contribution in [0.3, 0.4) is 0 Å². The van der Waals surface area contributed by atoms with Gasteiger partial charge in [0.05, 0.1) is 18.5 Å². The highest BCUT2D eigenvalue weighted by Crippen LogP contribution is 2.27. The highest BCUT2D eigenvalue weighted by molar-refractivity contribution is 5.36. The molecule has 1 saturated heterocycles. The third-order valence-electron chi connectivity index (χ3n) is 2.65. The number of aromatic nitrogens is 2. The van der Waals surface area contributed by atoms with Crippen molar-refractivity contribution >= 4 is 5.82 Å². The van der Waals surface area contributed by atoms with E-state index in [0.717, 1.165) is 18.8 Å². The predicted octanol–water partition coefficient (Wildman–Crippen LogP) is 1.46. The Kier molecular flexibility index (Phi) is 3.19. The molecule has 0 saturated carbocycles. The first-order chi connectivity index (χ1) is 7.97. The van der Waals surface area contributed by atoms with Crippen molar-refractivity contribution in [1.82, 2.24) is 9.97 Å². The minimum absolute atomic E-state index is 0.372. The number of anilines is 1. The van der Waals surface area contributed by atoms with Crippen molar-refractivity contribution in [2.24, 2.45) is 0 Å². The summed E-state index contributed by atoms with van der Waals surface area (Å²) < 4.78 is 36.8. The van der Waals surface area contributed by atoms with E-state index in [1.807, 2.05) is 0 Å². The zero-order valence-corrected chi connectivity index (χ0v) is 8.98. The van der Waals surface area contributed by atoms with Crippen molar-refractivity contribution in [3.8, 4) is 0 Å². The van der Waals surface area contributed by atoms with E-state index in [1.165, 1.54) is 0 Å². The molecule has 0 aliphatic carbocycles. The van der Waals surface area contributed by atoms with Crippen LogP contribution in [0.2, 0.25) is 0 Å². The number of β-amino-alcohol motifs (C(OH)–C–C–N with tert-alkyl or cyclic N) is 1. The van der Waals surface area contributed by atoms with Crippen LogP contribution >= 0.6 is 0 Å². The van der Waals surface area contributed by atoms with Crippen molar-refractivity contribution in [1.29, 1.82) is 0 Å². The Hall–Kier alpha value is -1.37. The van der Waals surface area contributed by atoms with Gasteiger partial charge in [0.15, 0.2) is 5.69 Å². The average Bonchev–Trinajstić information content (AvgIpc) is 2.28. The molecular weight excluding hydrogens is 235 g/mol. The molecule has 1 aliphatic rings. The van der Waals surface area contributed by atoms with Crippen LogP contribution in [-0.2, 0) is 6.18 Å². The number of aliphatic hydroxyl groups excluding tert-OH is 1. The van der Waals surface area contributed by atoms with E-state index >= 15 is 0 Å². The number of hydrogen-bond acceptors (Lipinski definition) is 4. The maximum absolute atomic E-state index is 12.3. The molecule has 0 radical (unpaired) electrons. The summed E-state index contributed by atoms with van der Waals surface area (Å²) in [6.45, 7) is 1.07. The van der Waals surface area contributed by atoms with E-state index < -0.39 is 18.0 Å². The second-order valence-corrected chi connectivity index (χ2v) is 4.00. The maximum Gasteiger partial charge on any atom is 0.434 e. The van der Waals surface area contributed by atoms with Gasteiger partial charge in [-0.1, -0.05) is 0 Å². The molecule has 1 aromatic heterocycles. The van der Waals surface area contributed by atoms with E-state index in [4.69, 9.17) is 0 Å². The predicted molar refractivity (Wildman–Crippen MR) is 54.5 cm³/mol. The molecule has 1 unspecified atom stereocenters. The van der Waals surface area contributed by atoms with Crippen LogP contribution in [0.4, 0.5) is 19.0 Å². The van der Waals surface area contributed by atoms with Gasteiger partial charge in [0.2, 0.25) is 0 Å².